The predicted octanol–water partition coefficient (Wildman–Crippen LogP) is 5.99. The molecule has 4 heterocycles. The third-order valence-electron chi connectivity index (χ3n) is 11.3. The number of aryl methyl sites for hydroxylation is 1. The van der Waals surface area contributed by atoms with E-state index in [9.17, 15) is 13.8 Å². The van der Waals surface area contributed by atoms with Crippen molar-refractivity contribution < 1.29 is 28.0 Å². The molecule has 3 aliphatic heterocycles. The molecule has 1 saturated carbocycles. The first kappa shape index (κ1) is 34.2. The number of halogens is 1. The van der Waals surface area contributed by atoms with E-state index in [0.717, 1.165) is 49.4 Å². The molecule has 13 heteroatoms. The molecule has 6 atom stereocenters. The maximum Gasteiger partial charge on any atom is 0.286 e. The van der Waals surface area contributed by atoms with Gasteiger partial charge in [-0.3, -0.25) is 14.3 Å². The van der Waals surface area contributed by atoms with Gasteiger partial charge in [-0.05, 0) is 97.7 Å². The van der Waals surface area contributed by atoms with Crippen molar-refractivity contribution in [3.05, 3.63) is 82.0 Å². The SMILES string of the molecule is CO[C@H]1/C=C/C[C@H](C)C[S@@](=O)(NC(=O)c2cc3n(n2)CCO3)=NC(=O)c2ccc3c(c2)N(C[C@@H]2CC[C@H]21)C[C@@]1(CCCc2cc(Cl)ccc21)CO3. The van der Waals surface area contributed by atoms with Gasteiger partial charge in [0, 0.05) is 42.3 Å². The highest BCUT2D eigenvalue weighted by atomic mass is 35.5. The zero-order valence-electron chi connectivity index (χ0n) is 29.0. The number of fused-ring (bicyclic) bond motifs is 5. The second-order valence-electron chi connectivity index (χ2n) is 14.8. The van der Waals surface area contributed by atoms with Crippen molar-refractivity contribution in [1.82, 2.24) is 14.5 Å². The van der Waals surface area contributed by atoms with E-state index < -0.39 is 21.7 Å². The third-order valence-corrected chi connectivity index (χ3v) is 13.5. The van der Waals surface area contributed by atoms with Gasteiger partial charge in [0.05, 0.1) is 30.7 Å². The van der Waals surface area contributed by atoms with Gasteiger partial charge in [-0.15, -0.1) is 4.36 Å². The monoisotopic (exact) mass is 733 g/mol. The molecule has 2 aliphatic carbocycles. The molecule has 0 unspecified atom stereocenters. The van der Waals surface area contributed by atoms with Crippen LogP contribution in [-0.2, 0) is 33.0 Å². The number of nitrogens with one attached hydrogen (secondary N) is 1. The maximum absolute atomic E-state index is 14.5. The van der Waals surface area contributed by atoms with E-state index in [0.29, 0.717) is 56.2 Å². The molecule has 2 amide bonds. The number of carbonyl (C=O) groups excluding carboxylic acids is 2. The number of rotatable bonds is 3. The van der Waals surface area contributed by atoms with E-state index >= 15 is 0 Å². The van der Waals surface area contributed by atoms with Crippen LogP contribution in [0.25, 0.3) is 0 Å². The molecule has 0 saturated heterocycles. The average molecular weight is 734 g/mol. The highest BCUT2D eigenvalue weighted by Crippen LogP contribution is 2.47. The molecular weight excluding hydrogens is 690 g/mol. The Bertz CT molecular complexity index is 2000. The van der Waals surface area contributed by atoms with Crippen LogP contribution in [0.4, 0.5) is 5.69 Å². The summed E-state index contributed by atoms with van der Waals surface area (Å²) in [7, 11) is -1.81. The quantitative estimate of drug-likeness (QED) is 0.326. The fourth-order valence-corrected chi connectivity index (χ4v) is 10.7. The Morgan fingerprint density at radius 3 is 2.84 bits per heavy atom. The molecule has 51 heavy (non-hydrogen) atoms. The molecule has 1 N–H and O–H groups in total. The van der Waals surface area contributed by atoms with Crippen molar-refractivity contribution in [2.24, 2.45) is 22.1 Å². The Morgan fingerprint density at radius 2 is 2.04 bits per heavy atom. The highest BCUT2D eigenvalue weighted by molar-refractivity contribution is 7.92. The number of hydrogen-bond acceptors (Lipinski definition) is 8. The van der Waals surface area contributed by atoms with Crippen LogP contribution in [0.15, 0.2) is 59.0 Å². The Morgan fingerprint density at radius 1 is 1.16 bits per heavy atom. The molecule has 1 aromatic heterocycles. The lowest BCUT2D eigenvalue weighted by atomic mass is 9.68. The number of anilines is 1. The van der Waals surface area contributed by atoms with Gasteiger partial charge < -0.3 is 19.1 Å². The van der Waals surface area contributed by atoms with E-state index in [1.165, 1.54) is 17.2 Å². The average Bonchev–Trinajstić information content (AvgIpc) is 3.67. The molecule has 2 aromatic carbocycles. The van der Waals surface area contributed by atoms with Gasteiger partial charge in [-0.1, -0.05) is 36.7 Å². The molecule has 1 spiro atoms. The van der Waals surface area contributed by atoms with E-state index in [4.69, 9.17) is 25.8 Å². The van der Waals surface area contributed by atoms with Gasteiger partial charge in [0.25, 0.3) is 11.8 Å². The second kappa shape index (κ2) is 13.6. The van der Waals surface area contributed by atoms with Crippen molar-refractivity contribution in [3.8, 4) is 11.6 Å². The first-order chi connectivity index (χ1) is 24.6. The molecule has 2 bridgehead atoms. The van der Waals surface area contributed by atoms with Crippen molar-refractivity contribution in [2.45, 2.75) is 63.5 Å². The summed E-state index contributed by atoms with van der Waals surface area (Å²) in [6.07, 6.45) is 9.82. The lowest BCUT2D eigenvalue weighted by Gasteiger charge is -2.46. The lowest BCUT2D eigenvalue weighted by Crippen LogP contribution is -2.49. The summed E-state index contributed by atoms with van der Waals surface area (Å²) >= 11 is 6.46. The van der Waals surface area contributed by atoms with Crippen LogP contribution < -0.4 is 19.1 Å². The topological polar surface area (TPSA) is 124 Å². The van der Waals surface area contributed by atoms with Gasteiger partial charge in [-0.2, -0.15) is 5.10 Å². The van der Waals surface area contributed by atoms with Gasteiger partial charge in [0.2, 0.25) is 5.88 Å². The number of aromatic nitrogens is 2. The van der Waals surface area contributed by atoms with Gasteiger partial charge in [0.15, 0.2) is 5.69 Å². The number of allylic oxidation sites excluding steroid dienone is 1. The summed E-state index contributed by atoms with van der Waals surface area (Å²) < 4.78 is 41.2. The molecule has 5 aliphatic rings. The molecular formula is C38H44ClN5O6S. The largest absolute Gasteiger partial charge is 0.490 e. The normalized spacial score (nSPS) is 30.7. The highest BCUT2D eigenvalue weighted by Gasteiger charge is 2.44. The van der Waals surface area contributed by atoms with E-state index in [1.807, 2.05) is 25.1 Å². The Labute approximate surface area is 304 Å². The second-order valence-corrected chi connectivity index (χ2v) is 17.3. The Hall–Kier alpha value is -3.87. The summed E-state index contributed by atoms with van der Waals surface area (Å²) in [5, 5.41) is 5.04. The van der Waals surface area contributed by atoms with Crippen molar-refractivity contribution in [3.63, 3.8) is 0 Å². The number of ether oxygens (including phenoxy) is 3. The van der Waals surface area contributed by atoms with Crippen LogP contribution in [0.2, 0.25) is 5.02 Å². The van der Waals surface area contributed by atoms with Gasteiger partial charge in [-0.25, -0.2) is 8.89 Å². The van der Waals surface area contributed by atoms with Crippen LogP contribution >= 0.6 is 11.6 Å². The van der Waals surface area contributed by atoms with Gasteiger partial charge in [0.1, 0.15) is 22.3 Å². The standard InChI is InChI=1S/C38H44ClN5O6S/c1-24-5-3-7-33(48-2)29-11-8-27(29)20-43-22-38(14-4-6-25-17-28(39)10-12-30(25)38)23-50-34-13-9-26(18-32(34)43)36(45)41-51(47,21-24)42-37(46)31-19-35-44(40-31)15-16-49-35/h3,7,9-10,12-13,17-19,24,27,29,33H,4-6,8,11,14-16,20-23H2,1-2H3,(H,41,42,45,46,47)/b7-3+/t24-,27-,29+,33-,38-,51-/m0/s1. The molecule has 1 fully saturated rings. The minimum atomic E-state index is -3.57. The van der Waals surface area contributed by atoms with Crippen molar-refractivity contribution in [1.29, 1.82) is 0 Å². The fourth-order valence-electron chi connectivity index (χ4n) is 8.59. The van der Waals surface area contributed by atoms with Crippen LogP contribution in [-0.4, -0.2) is 71.1 Å². The van der Waals surface area contributed by atoms with Crippen LogP contribution in [0, 0.1) is 17.8 Å². The first-order valence-electron chi connectivity index (χ1n) is 17.9. The third kappa shape index (κ3) is 6.66. The molecule has 270 valence electrons. The molecule has 3 aromatic rings. The lowest BCUT2D eigenvalue weighted by molar-refractivity contribution is 0.0131. The summed E-state index contributed by atoms with van der Waals surface area (Å²) in [6.45, 7) is 4.93. The fraction of sp³-hybridized carbons (Fsp3) is 0.500. The number of hydrogen-bond donors (Lipinski definition) is 1. The van der Waals surface area contributed by atoms with Crippen LogP contribution in [0.3, 0.4) is 0 Å². The minimum Gasteiger partial charge on any atom is -0.490 e. The van der Waals surface area contributed by atoms with Crippen LogP contribution in [0.1, 0.15) is 71.0 Å². The van der Waals surface area contributed by atoms with E-state index in [1.54, 1.807) is 17.9 Å². The zero-order valence-corrected chi connectivity index (χ0v) is 30.6. The smallest absolute Gasteiger partial charge is 0.286 e. The number of methoxy groups -OCH3 is 1. The summed E-state index contributed by atoms with van der Waals surface area (Å²) in [5.41, 5.74) is 3.42. The number of carbonyl (C=O) groups is 2. The Balaban J connectivity index is 1.19. The first-order valence-corrected chi connectivity index (χ1v) is 20.0. The molecule has 0 radical (unpaired) electrons. The summed E-state index contributed by atoms with van der Waals surface area (Å²) in [4.78, 5) is 29.8. The summed E-state index contributed by atoms with van der Waals surface area (Å²) in [6, 6.07) is 13.1. The van der Waals surface area contributed by atoms with Crippen LogP contribution in [0.5, 0.6) is 11.6 Å². The zero-order chi connectivity index (χ0) is 35.3. The Kier molecular flexibility index (Phi) is 9.12. The van der Waals surface area contributed by atoms with Crippen molar-refractivity contribution >= 4 is 39.0 Å². The molecule has 11 nitrogen and oxygen atoms in total. The molecule has 8 rings (SSSR count). The van der Waals surface area contributed by atoms with E-state index in [-0.39, 0.29) is 34.4 Å². The number of amides is 2. The van der Waals surface area contributed by atoms with Gasteiger partial charge >= 0.3 is 0 Å². The minimum absolute atomic E-state index is 0.0191. The maximum atomic E-state index is 14.5. The predicted molar refractivity (Wildman–Crippen MR) is 195 cm³/mol. The number of benzene rings is 2. The van der Waals surface area contributed by atoms with Crippen molar-refractivity contribution in [2.75, 3.05) is 44.1 Å². The van der Waals surface area contributed by atoms with E-state index in [2.05, 4.69) is 43.4 Å². The summed E-state index contributed by atoms with van der Waals surface area (Å²) in [5.74, 6) is 0.371. The number of nitrogens with zero attached hydrogens (tertiary/aromatic N) is 4.